The number of imide groups is 1. The van der Waals surface area contributed by atoms with Crippen LogP contribution < -0.4 is 5.32 Å². The highest BCUT2D eigenvalue weighted by Crippen LogP contribution is 2.33. The molecule has 3 amide bonds. The molecular weight excluding hydrogens is 463 g/mol. The number of nitrogens with one attached hydrogen (secondary N) is 1. The molecule has 8 nitrogen and oxygen atoms in total. The fraction of sp³-hybridized carbons (Fsp3) is 0.0556. The van der Waals surface area contributed by atoms with Crippen LogP contribution >= 0.6 is 23.4 Å². The summed E-state index contributed by atoms with van der Waals surface area (Å²) in [4.78, 5) is 47.3. The van der Waals surface area contributed by atoms with Crippen molar-refractivity contribution in [2.45, 2.75) is 0 Å². The van der Waals surface area contributed by atoms with Crippen LogP contribution in [0.3, 0.4) is 0 Å². The molecule has 0 spiro atoms. The van der Waals surface area contributed by atoms with Crippen molar-refractivity contribution in [1.29, 1.82) is 0 Å². The lowest BCUT2D eigenvalue weighted by molar-refractivity contribution is -0.384. The third-order valence-electron chi connectivity index (χ3n) is 3.95. The SMILES string of the molecule is O=C(CN1C(=O)S/C(=C\c2ccc(Cl)c([N+](=O)[O-])c2)C1=O)Nc1ccc(F)c(F)c1F. The lowest BCUT2D eigenvalue weighted by Gasteiger charge is -2.13. The average Bonchev–Trinajstić information content (AvgIpc) is 2.97. The average molecular weight is 472 g/mol. The maximum atomic E-state index is 13.7. The van der Waals surface area contributed by atoms with Gasteiger partial charge in [-0.1, -0.05) is 17.7 Å². The normalized spacial score (nSPS) is 15.0. The van der Waals surface area contributed by atoms with Crippen LogP contribution in [-0.2, 0) is 9.59 Å². The van der Waals surface area contributed by atoms with Gasteiger partial charge in [0.15, 0.2) is 17.5 Å². The standard InChI is InChI=1S/C18H9ClF3N3O5S/c19-9-2-1-8(5-12(9)25(29)30)6-13-17(27)24(18(28)31-13)7-14(26)23-11-4-3-10(20)15(21)16(11)22/h1-6H,7H2,(H,23,26)/b13-6-. The van der Waals surface area contributed by atoms with Crippen LogP contribution in [0, 0.1) is 27.6 Å². The van der Waals surface area contributed by atoms with E-state index in [0.717, 1.165) is 12.1 Å². The summed E-state index contributed by atoms with van der Waals surface area (Å²) in [5, 5.41) is 12.0. The Kier molecular flexibility index (Phi) is 6.32. The van der Waals surface area contributed by atoms with Gasteiger partial charge in [-0.05, 0) is 41.6 Å². The number of amides is 3. The highest BCUT2D eigenvalue weighted by molar-refractivity contribution is 8.18. The second kappa shape index (κ2) is 8.78. The molecule has 0 bridgehead atoms. The maximum absolute atomic E-state index is 13.7. The first kappa shape index (κ1) is 22.3. The second-order valence-electron chi connectivity index (χ2n) is 6.01. The van der Waals surface area contributed by atoms with Crippen molar-refractivity contribution in [3.63, 3.8) is 0 Å². The Morgan fingerprint density at radius 3 is 2.58 bits per heavy atom. The lowest BCUT2D eigenvalue weighted by Crippen LogP contribution is -2.36. The van der Waals surface area contributed by atoms with Gasteiger partial charge in [0.25, 0.3) is 16.8 Å². The monoisotopic (exact) mass is 471 g/mol. The molecular formula is C18H9ClF3N3O5S. The van der Waals surface area contributed by atoms with Crippen LogP contribution in [0.15, 0.2) is 35.2 Å². The van der Waals surface area contributed by atoms with Crippen LogP contribution in [0.1, 0.15) is 5.56 Å². The van der Waals surface area contributed by atoms with Gasteiger partial charge in [0, 0.05) is 6.07 Å². The third kappa shape index (κ3) is 4.70. The summed E-state index contributed by atoms with van der Waals surface area (Å²) in [6, 6.07) is 5.13. The number of hydrogen-bond donors (Lipinski definition) is 1. The molecule has 2 aromatic rings. The van der Waals surface area contributed by atoms with Crippen molar-refractivity contribution in [2.75, 3.05) is 11.9 Å². The smallest absolute Gasteiger partial charge is 0.294 e. The van der Waals surface area contributed by atoms with Crippen molar-refractivity contribution in [1.82, 2.24) is 4.90 Å². The van der Waals surface area contributed by atoms with Gasteiger partial charge in [0.2, 0.25) is 5.91 Å². The minimum atomic E-state index is -1.79. The van der Waals surface area contributed by atoms with Crippen LogP contribution in [-0.4, -0.2) is 33.4 Å². The Bertz CT molecular complexity index is 1170. The molecule has 0 aromatic heterocycles. The van der Waals surface area contributed by atoms with E-state index in [0.29, 0.717) is 22.7 Å². The van der Waals surface area contributed by atoms with E-state index >= 15 is 0 Å². The van der Waals surface area contributed by atoms with Gasteiger partial charge in [0.05, 0.1) is 15.5 Å². The molecule has 0 aliphatic carbocycles. The van der Waals surface area contributed by atoms with Gasteiger partial charge in [-0.15, -0.1) is 0 Å². The molecule has 31 heavy (non-hydrogen) atoms. The summed E-state index contributed by atoms with van der Waals surface area (Å²) < 4.78 is 39.9. The van der Waals surface area contributed by atoms with E-state index < -0.39 is 57.3 Å². The summed E-state index contributed by atoms with van der Waals surface area (Å²) >= 11 is 6.21. The van der Waals surface area contributed by atoms with Gasteiger partial charge >= 0.3 is 0 Å². The Hall–Kier alpha value is -3.38. The number of halogens is 4. The van der Waals surface area contributed by atoms with Gasteiger partial charge in [0.1, 0.15) is 11.6 Å². The van der Waals surface area contributed by atoms with E-state index in [-0.39, 0.29) is 15.5 Å². The molecule has 3 rings (SSSR count). The van der Waals surface area contributed by atoms with E-state index in [4.69, 9.17) is 11.6 Å². The first-order chi connectivity index (χ1) is 14.6. The summed E-state index contributed by atoms with van der Waals surface area (Å²) in [7, 11) is 0. The molecule has 1 N–H and O–H groups in total. The predicted molar refractivity (Wildman–Crippen MR) is 106 cm³/mol. The first-order valence-electron chi connectivity index (χ1n) is 8.21. The highest BCUT2D eigenvalue weighted by atomic mass is 35.5. The second-order valence-corrected chi connectivity index (χ2v) is 7.41. The van der Waals surface area contributed by atoms with Crippen LogP contribution in [0.4, 0.5) is 29.3 Å². The molecule has 1 aliphatic heterocycles. The van der Waals surface area contributed by atoms with E-state index in [1.54, 1.807) is 0 Å². The van der Waals surface area contributed by atoms with Crippen molar-refractivity contribution < 1.29 is 32.5 Å². The Labute approximate surface area is 180 Å². The topological polar surface area (TPSA) is 110 Å². The van der Waals surface area contributed by atoms with Crippen LogP contribution in [0.5, 0.6) is 0 Å². The van der Waals surface area contributed by atoms with E-state index in [9.17, 15) is 37.7 Å². The van der Waals surface area contributed by atoms with Crippen LogP contribution in [0.25, 0.3) is 6.08 Å². The molecule has 0 radical (unpaired) electrons. The third-order valence-corrected chi connectivity index (χ3v) is 5.18. The molecule has 1 fully saturated rings. The zero-order chi connectivity index (χ0) is 22.9. The Morgan fingerprint density at radius 2 is 1.90 bits per heavy atom. The summed E-state index contributed by atoms with van der Waals surface area (Å²) in [5.74, 6) is -6.77. The summed E-state index contributed by atoms with van der Waals surface area (Å²) in [6.45, 7) is -0.818. The van der Waals surface area contributed by atoms with Gasteiger partial charge in [-0.25, -0.2) is 13.2 Å². The minimum Gasteiger partial charge on any atom is -0.322 e. The predicted octanol–water partition coefficient (Wildman–Crippen LogP) is 4.34. The van der Waals surface area contributed by atoms with E-state index in [1.807, 2.05) is 5.32 Å². The number of nitrogens with zero attached hydrogens (tertiary/aromatic N) is 2. The van der Waals surface area contributed by atoms with E-state index in [2.05, 4.69) is 0 Å². The molecule has 160 valence electrons. The number of hydrogen-bond acceptors (Lipinski definition) is 6. The molecule has 1 saturated heterocycles. The van der Waals surface area contributed by atoms with Crippen LogP contribution in [0.2, 0.25) is 5.02 Å². The van der Waals surface area contributed by atoms with Crippen molar-refractivity contribution in [2.24, 2.45) is 0 Å². The van der Waals surface area contributed by atoms with Crippen molar-refractivity contribution in [3.05, 3.63) is 73.4 Å². The molecule has 0 atom stereocenters. The van der Waals surface area contributed by atoms with Crippen molar-refractivity contribution in [3.8, 4) is 0 Å². The Morgan fingerprint density at radius 1 is 1.19 bits per heavy atom. The fourth-order valence-electron chi connectivity index (χ4n) is 2.50. The number of carbonyl (C=O) groups is 3. The summed E-state index contributed by atoms with van der Waals surface area (Å²) in [5.41, 5.74) is -0.850. The summed E-state index contributed by atoms with van der Waals surface area (Å²) in [6.07, 6.45) is 1.21. The molecule has 2 aromatic carbocycles. The van der Waals surface area contributed by atoms with Crippen molar-refractivity contribution >= 4 is 57.9 Å². The number of anilines is 1. The minimum absolute atomic E-state index is 0.114. The number of nitro groups is 1. The van der Waals surface area contributed by atoms with Gasteiger partial charge in [-0.2, -0.15) is 0 Å². The van der Waals surface area contributed by atoms with Gasteiger partial charge < -0.3 is 5.32 Å². The largest absolute Gasteiger partial charge is 0.322 e. The Balaban J connectivity index is 1.75. The number of carbonyl (C=O) groups excluding carboxylic acids is 3. The molecule has 1 heterocycles. The molecule has 0 unspecified atom stereocenters. The molecule has 1 aliphatic rings. The zero-order valence-corrected chi connectivity index (χ0v) is 16.6. The number of benzene rings is 2. The molecule has 13 heteroatoms. The van der Waals surface area contributed by atoms with E-state index in [1.165, 1.54) is 18.2 Å². The number of rotatable bonds is 5. The number of nitro benzene ring substituents is 1. The quantitative estimate of drug-likeness (QED) is 0.300. The fourth-order valence-corrected chi connectivity index (χ4v) is 3.53. The lowest BCUT2D eigenvalue weighted by atomic mass is 10.2. The highest BCUT2D eigenvalue weighted by Gasteiger charge is 2.36. The van der Waals surface area contributed by atoms with Gasteiger partial charge in [-0.3, -0.25) is 29.4 Å². The zero-order valence-electron chi connectivity index (χ0n) is 15.0. The maximum Gasteiger partial charge on any atom is 0.294 e. The first-order valence-corrected chi connectivity index (χ1v) is 9.40. The number of thioether (sulfide) groups is 1. The molecule has 0 saturated carbocycles.